The summed E-state index contributed by atoms with van der Waals surface area (Å²) in [6, 6.07) is 17.5. The van der Waals surface area contributed by atoms with Crippen LogP contribution in [0.5, 0.6) is 0 Å². The molecule has 0 aliphatic heterocycles. The number of halogens is 1. The van der Waals surface area contributed by atoms with Crippen LogP contribution in [0.25, 0.3) is 11.0 Å². The first-order valence-corrected chi connectivity index (χ1v) is 10.0. The van der Waals surface area contributed by atoms with Crippen molar-refractivity contribution in [2.24, 2.45) is 0 Å². The first-order valence-electron chi connectivity index (χ1n) is 9.25. The average molecular weight is 450 g/mol. The first kappa shape index (κ1) is 19.2. The zero-order valence-electron chi connectivity index (χ0n) is 16.1. The maximum absolute atomic E-state index is 12.7. The Morgan fingerprint density at radius 2 is 1.97 bits per heavy atom. The van der Waals surface area contributed by atoms with Gasteiger partial charge < -0.3 is 15.1 Å². The van der Waals surface area contributed by atoms with Gasteiger partial charge in [0.05, 0.1) is 11.6 Å². The third-order valence-electron chi connectivity index (χ3n) is 4.64. The molecule has 146 valence electrons. The number of pyridine rings is 1. The fourth-order valence-electron chi connectivity index (χ4n) is 3.13. The number of hydrogen-bond donors (Lipinski definition) is 2. The van der Waals surface area contributed by atoms with Crippen molar-refractivity contribution in [3.05, 3.63) is 87.7 Å². The number of nitrogens with zero attached hydrogens (tertiary/aromatic N) is 1. The van der Waals surface area contributed by atoms with Crippen molar-refractivity contribution in [1.82, 2.24) is 10.3 Å². The van der Waals surface area contributed by atoms with E-state index in [0.29, 0.717) is 23.6 Å². The van der Waals surface area contributed by atoms with E-state index >= 15 is 0 Å². The summed E-state index contributed by atoms with van der Waals surface area (Å²) >= 11 is 3.51. The number of rotatable bonds is 5. The van der Waals surface area contributed by atoms with Crippen molar-refractivity contribution in [2.75, 3.05) is 5.32 Å². The number of carbonyl (C=O) groups is 1. The first-order chi connectivity index (χ1) is 14.0. The fourth-order valence-corrected chi connectivity index (χ4v) is 3.38. The molecule has 4 aromatic rings. The molecule has 29 heavy (non-hydrogen) atoms. The Bertz CT molecular complexity index is 1200. The molecule has 2 aromatic heterocycles. The van der Waals surface area contributed by atoms with Crippen LogP contribution in [0.1, 0.15) is 27.2 Å². The number of aromatic nitrogens is 1. The lowest BCUT2D eigenvalue weighted by molar-refractivity contribution is 0.0946. The van der Waals surface area contributed by atoms with Gasteiger partial charge in [0.15, 0.2) is 0 Å². The zero-order valence-corrected chi connectivity index (χ0v) is 17.7. The van der Waals surface area contributed by atoms with Gasteiger partial charge in [-0.25, -0.2) is 4.98 Å². The molecule has 0 saturated carbocycles. The van der Waals surface area contributed by atoms with E-state index in [4.69, 9.17) is 4.42 Å². The molecular weight excluding hydrogens is 430 g/mol. The molecule has 0 atom stereocenters. The Morgan fingerprint density at radius 3 is 2.76 bits per heavy atom. The summed E-state index contributed by atoms with van der Waals surface area (Å²) in [6.45, 7) is 4.48. The molecule has 0 saturated heterocycles. The maximum atomic E-state index is 12.7. The number of benzene rings is 2. The van der Waals surface area contributed by atoms with E-state index in [9.17, 15) is 4.79 Å². The molecule has 1 amide bonds. The van der Waals surface area contributed by atoms with E-state index in [1.165, 1.54) is 0 Å². The molecule has 0 aliphatic rings. The van der Waals surface area contributed by atoms with E-state index < -0.39 is 0 Å². The molecule has 0 unspecified atom stereocenters. The highest BCUT2D eigenvalue weighted by Crippen LogP contribution is 2.28. The molecule has 0 bridgehead atoms. The topological polar surface area (TPSA) is 67.2 Å². The molecule has 5 nitrogen and oxygen atoms in total. The lowest BCUT2D eigenvalue weighted by Crippen LogP contribution is -2.24. The molecule has 0 fully saturated rings. The minimum atomic E-state index is -0.250. The Labute approximate surface area is 177 Å². The van der Waals surface area contributed by atoms with Gasteiger partial charge in [-0.1, -0.05) is 45.8 Å². The predicted octanol–water partition coefficient (Wildman–Crippen LogP) is 5.88. The van der Waals surface area contributed by atoms with Gasteiger partial charge >= 0.3 is 0 Å². The molecule has 0 aliphatic carbocycles. The van der Waals surface area contributed by atoms with Gasteiger partial charge in [-0.05, 0) is 49.2 Å². The predicted molar refractivity (Wildman–Crippen MR) is 119 cm³/mol. The normalized spacial score (nSPS) is 10.9. The summed E-state index contributed by atoms with van der Waals surface area (Å²) in [5.74, 6) is 0.332. The SMILES string of the molecule is Cc1cccc(CNC(=O)c2cc3occc3c(Nc3ccc(Br)c(C)c3)n2)c1. The molecule has 2 aromatic carbocycles. The van der Waals surface area contributed by atoms with Crippen LogP contribution in [0.3, 0.4) is 0 Å². The van der Waals surface area contributed by atoms with Crippen LogP contribution < -0.4 is 10.6 Å². The highest BCUT2D eigenvalue weighted by molar-refractivity contribution is 9.10. The summed E-state index contributed by atoms with van der Waals surface area (Å²) in [5, 5.41) is 7.06. The highest BCUT2D eigenvalue weighted by atomic mass is 79.9. The van der Waals surface area contributed by atoms with Gasteiger partial charge in [0.1, 0.15) is 17.1 Å². The third kappa shape index (κ3) is 4.32. The molecule has 0 spiro atoms. The Hall–Kier alpha value is -3.12. The van der Waals surface area contributed by atoms with Gasteiger partial charge in [-0.3, -0.25) is 4.79 Å². The van der Waals surface area contributed by atoms with Crippen molar-refractivity contribution in [3.8, 4) is 0 Å². The van der Waals surface area contributed by atoms with Crippen LogP contribution in [0, 0.1) is 13.8 Å². The third-order valence-corrected chi connectivity index (χ3v) is 5.53. The van der Waals surface area contributed by atoms with Crippen molar-refractivity contribution < 1.29 is 9.21 Å². The van der Waals surface area contributed by atoms with Crippen molar-refractivity contribution in [1.29, 1.82) is 0 Å². The van der Waals surface area contributed by atoms with Gasteiger partial charge in [0.2, 0.25) is 0 Å². The number of aryl methyl sites for hydroxylation is 2. The lowest BCUT2D eigenvalue weighted by atomic mass is 10.1. The summed E-state index contributed by atoms with van der Waals surface area (Å²) in [7, 11) is 0. The van der Waals surface area contributed by atoms with Crippen LogP contribution in [-0.2, 0) is 6.54 Å². The van der Waals surface area contributed by atoms with Crippen molar-refractivity contribution >= 4 is 44.3 Å². The van der Waals surface area contributed by atoms with Crippen LogP contribution in [0.2, 0.25) is 0 Å². The second kappa shape index (κ2) is 8.09. The quantitative estimate of drug-likeness (QED) is 0.399. The van der Waals surface area contributed by atoms with Crippen LogP contribution in [0.4, 0.5) is 11.5 Å². The summed E-state index contributed by atoms with van der Waals surface area (Å²) < 4.78 is 6.58. The molecular formula is C23H20BrN3O2. The number of fused-ring (bicyclic) bond motifs is 1. The van der Waals surface area contributed by atoms with Gasteiger partial charge in [-0.15, -0.1) is 0 Å². The number of amides is 1. The minimum Gasteiger partial charge on any atom is -0.464 e. The van der Waals surface area contributed by atoms with Crippen molar-refractivity contribution in [2.45, 2.75) is 20.4 Å². The second-order valence-corrected chi connectivity index (χ2v) is 7.80. The van der Waals surface area contributed by atoms with E-state index in [1.54, 1.807) is 12.3 Å². The van der Waals surface area contributed by atoms with E-state index in [2.05, 4.69) is 31.5 Å². The standard InChI is InChI=1S/C23H20BrN3O2/c1-14-4-3-5-16(10-14)13-25-23(28)20-12-21-18(8-9-29-21)22(27-20)26-17-6-7-19(24)15(2)11-17/h3-12H,13H2,1-2H3,(H,25,28)(H,26,27). The van der Waals surface area contributed by atoms with Crippen molar-refractivity contribution in [3.63, 3.8) is 0 Å². The Kier molecular flexibility index (Phi) is 5.36. The van der Waals surface area contributed by atoms with E-state index in [-0.39, 0.29) is 5.91 Å². The van der Waals surface area contributed by atoms with Crippen LogP contribution in [-0.4, -0.2) is 10.9 Å². The van der Waals surface area contributed by atoms with E-state index in [1.807, 2.05) is 62.4 Å². The number of nitrogens with one attached hydrogen (secondary N) is 2. The Balaban J connectivity index is 1.59. The molecule has 2 N–H and O–H groups in total. The smallest absolute Gasteiger partial charge is 0.270 e. The summed E-state index contributed by atoms with van der Waals surface area (Å²) in [6.07, 6.45) is 1.60. The fraction of sp³-hybridized carbons (Fsp3) is 0.130. The second-order valence-electron chi connectivity index (χ2n) is 6.95. The molecule has 4 rings (SSSR count). The van der Waals surface area contributed by atoms with Crippen LogP contribution in [0.15, 0.2) is 69.8 Å². The molecule has 2 heterocycles. The van der Waals surface area contributed by atoms with Crippen LogP contribution >= 0.6 is 15.9 Å². The number of anilines is 2. The monoisotopic (exact) mass is 449 g/mol. The lowest BCUT2D eigenvalue weighted by Gasteiger charge is -2.11. The molecule has 6 heteroatoms. The maximum Gasteiger partial charge on any atom is 0.270 e. The Morgan fingerprint density at radius 1 is 1.10 bits per heavy atom. The van der Waals surface area contributed by atoms with Gasteiger partial charge in [0.25, 0.3) is 5.91 Å². The summed E-state index contributed by atoms with van der Waals surface area (Å²) in [4.78, 5) is 17.3. The van der Waals surface area contributed by atoms with E-state index in [0.717, 1.165) is 32.2 Å². The van der Waals surface area contributed by atoms with Gasteiger partial charge in [-0.2, -0.15) is 0 Å². The number of furan rings is 1. The highest BCUT2D eigenvalue weighted by Gasteiger charge is 2.14. The largest absolute Gasteiger partial charge is 0.464 e. The minimum absolute atomic E-state index is 0.250. The van der Waals surface area contributed by atoms with Gasteiger partial charge in [0, 0.05) is 22.8 Å². The summed E-state index contributed by atoms with van der Waals surface area (Å²) in [5.41, 5.74) is 5.10. The number of hydrogen-bond acceptors (Lipinski definition) is 4. The number of carbonyl (C=O) groups excluding carboxylic acids is 1. The average Bonchev–Trinajstić information content (AvgIpc) is 3.18. The zero-order chi connectivity index (χ0) is 20.4. The molecule has 0 radical (unpaired) electrons.